The van der Waals surface area contributed by atoms with Gasteiger partial charge in [-0.15, -0.1) is 0 Å². The van der Waals surface area contributed by atoms with Crippen molar-refractivity contribution >= 4 is 17.4 Å². The summed E-state index contributed by atoms with van der Waals surface area (Å²) in [5, 5.41) is 0. The molecule has 0 aliphatic heterocycles. The van der Waals surface area contributed by atoms with E-state index in [4.69, 9.17) is 4.74 Å². The lowest BCUT2D eigenvalue weighted by molar-refractivity contribution is -0.139. The van der Waals surface area contributed by atoms with Gasteiger partial charge in [-0.2, -0.15) is 0 Å². The number of carbonyl (C=O) groups excluding carboxylic acids is 2. The van der Waals surface area contributed by atoms with Crippen LogP contribution in [0.2, 0.25) is 0 Å². The number of rotatable bonds is 4. The molecule has 2 rings (SSSR count). The third-order valence-electron chi connectivity index (χ3n) is 3.18. The van der Waals surface area contributed by atoms with Crippen molar-refractivity contribution in [2.75, 3.05) is 18.6 Å². The molecule has 100 valence electrons. The maximum atomic E-state index is 11.9. The average Bonchev–Trinajstić information content (AvgIpc) is 2.81. The van der Waals surface area contributed by atoms with E-state index in [0.29, 0.717) is 12.8 Å². The summed E-state index contributed by atoms with van der Waals surface area (Å²) in [7, 11) is 1.86. The first kappa shape index (κ1) is 13.3. The Labute approximate surface area is 112 Å². The van der Waals surface area contributed by atoms with E-state index in [2.05, 4.69) is 0 Å². The number of ether oxygens (including phenoxy) is 1. The van der Waals surface area contributed by atoms with Gasteiger partial charge in [-0.05, 0) is 25.5 Å². The van der Waals surface area contributed by atoms with E-state index in [-0.39, 0.29) is 18.0 Å². The number of nitrogens with zero attached hydrogens (tertiary/aromatic N) is 1. The SMILES string of the molecule is CCOC(=O)C1=C(N(C)c2ccccc2)CCC1=O. The van der Waals surface area contributed by atoms with Gasteiger partial charge in [0.25, 0.3) is 0 Å². The van der Waals surface area contributed by atoms with Crippen molar-refractivity contribution in [3.63, 3.8) is 0 Å². The molecule has 0 amide bonds. The molecule has 1 aromatic rings. The molecule has 0 radical (unpaired) electrons. The summed E-state index contributed by atoms with van der Waals surface area (Å²) in [6.45, 7) is 2.01. The molecule has 1 aromatic carbocycles. The standard InChI is InChI=1S/C15H17NO3/c1-3-19-15(18)14-12(9-10-13(14)17)16(2)11-7-5-4-6-8-11/h4-8H,3,9-10H2,1-2H3. The Morgan fingerprint density at radius 1 is 1.26 bits per heavy atom. The maximum absolute atomic E-state index is 11.9. The molecule has 4 heteroatoms. The van der Waals surface area contributed by atoms with Gasteiger partial charge in [-0.3, -0.25) is 4.79 Å². The van der Waals surface area contributed by atoms with Crippen molar-refractivity contribution in [3.8, 4) is 0 Å². The van der Waals surface area contributed by atoms with E-state index >= 15 is 0 Å². The zero-order valence-corrected chi connectivity index (χ0v) is 11.2. The number of ketones is 1. The van der Waals surface area contributed by atoms with Gasteiger partial charge in [0.15, 0.2) is 5.78 Å². The van der Waals surface area contributed by atoms with Gasteiger partial charge in [-0.1, -0.05) is 18.2 Å². The topological polar surface area (TPSA) is 46.6 Å². The van der Waals surface area contributed by atoms with Crippen molar-refractivity contribution in [2.45, 2.75) is 19.8 Å². The predicted molar refractivity (Wildman–Crippen MR) is 72.7 cm³/mol. The van der Waals surface area contributed by atoms with E-state index in [1.54, 1.807) is 6.92 Å². The highest BCUT2D eigenvalue weighted by Crippen LogP contribution is 2.29. The average molecular weight is 259 g/mol. The first-order valence-corrected chi connectivity index (χ1v) is 6.37. The van der Waals surface area contributed by atoms with Crippen molar-refractivity contribution in [1.82, 2.24) is 0 Å². The number of Topliss-reactive ketones (excluding diaryl/α,β-unsaturated/α-hetero) is 1. The van der Waals surface area contributed by atoms with Gasteiger partial charge in [0.1, 0.15) is 5.57 Å². The van der Waals surface area contributed by atoms with E-state index < -0.39 is 5.97 Å². The van der Waals surface area contributed by atoms with Gasteiger partial charge in [0.05, 0.1) is 6.61 Å². The monoisotopic (exact) mass is 259 g/mol. The predicted octanol–water partition coefficient (Wildman–Crippen LogP) is 2.30. The molecule has 0 saturated heterocycles. The Kier molecular flexibility index (Phi) is 4.00. The molecular formula is C15H17NO3. The highest BCUT2D eigenvalue weighted by atomic mass is 16.5. The minimum Gasteiger partial charge on any atom is -0.462 e. The maximum Gasteiger partial charge on any atom is 0.343 e. The third-order valence-corrected chi connectivity index (χ3v) is 3.18. The zero-order chi connectivity index (χ0) is 13.8. The van der Waals surface area contributed by atoms with Crippen LogP contribution in [0.1, 0.15) is 19.8 Å². The lowest BCUT2D eigenvalue weighted by Crippen LogP contribution is -2.21. The van der Waals surface area contributed by atoms with Crippen LogP contribution in [-0.4, -0.2) is 25.4 Å². The van der Waals surface area contributed by atoms with Crippen LogP contribution in [0.3, 0.4) is 0 Å². The Morgan fingerprint density at radius 3 is 2.58 bits per heavy atom. The molecule has 4 nitrogen and oxygen atoms in total. The smallest absolute Gasteiger partial charge is 0.343 e. The number of carbonyl (C=O) groups is 2. The minimum absolute atomic E-state index is 0.128. The zero-order valence-electron chi connectivity index (χ0n) is 11.2. The first-order valence-electron chi connectivity index (χ1n) is 6.37. The quantitative estimate of drug-likeness (QED) is 0.615. The summed E-state index contributed by atoms with van der Waals surface area (Å²) in [5.74, 6) is -0.640. The Morgan fingerprint density at radius 2 is 1.95 bits per heavy atom. The first-order chi connectivity index (χ1) is 9.15. The van der Waals surface area contributed by atoms with Gasteiger partial charge in [-0.25, -0.2) is 4.79 Å². The minimum atomic E-state index is -0.511. The van der Waals surface area contributed by atoms with Gasteiger partial charge in [0, 0.05) is 24.9 Å². The molecular weight excluding hydrogens is 242 g/mol. The van der Waals surface area contributed by atoms with Gasteiger partial charge >= 0.3 is 5.97 Å². The molecule has 19 heavy (non-hydrogen) atoms. The van der Waals surface area contributed by atoms with Crippen LogP contribution in [0.5, 0.6) is 0 Å². The summed E-state index contributed by atoms with van der Waals surface area (Å²) in [6.07, 6.45) is 0.957. The molecule has 0 aromatic heterocycles. The number of allylic oxidation sites excluding steroid dienone is 1. The molecule has 0 fully saturated rings. The fourth-order valence-electron chi connectivity index (χ4n) is 2.22. The lowest BCUT2D eigenvalue weighted by Gasteiger charge is -2.21. The fourth-order valence-corrected chi connectivity index (χ4v) is 2.22. The summed E-state index contributed by atoms with van der Waals surface area (Å²) >= 11 is 0. The summed E-state index contributed by atoms with van der Waals surface area (Å²) in [4.78, 5) is 25.6. The van der Waals surface area contributed by atoms with E-state index in [1.807, 2.05) is 42.3 Å². The van der Waals surface area contributed by atoms with E-state index in [9.17, 15) is 9.59 Å². The molecule has 1 aliphatic rings. The van der Waals surface area contributed by atoms with Crippen LogP contribution >= 0.6 is 0 Å². The number of hydrogen-bond acceptors (Lipinski definition) is 4. The number of benzene rings is 1. The Balaban J connectivity index is 2.35. The van der Waals surface area contributed by atoms with Crippen molar-refractivity contribution in [3.05, 3.63) is 41.6 Å². The summed E-state index contributed by atoms with van der Waals surface area (Å²) < 4.78 is 4.97. The number of esters is 1. The molecule has 0 bridgehead atoms. The van der Waals surface area contributed by atoms with Crippen molar-refractivity contribution in [2.24, 2.45) is 0 Å². The van der Waals surface area contributed by atoms with Crippen LogP contribution in [0.4, 0.5) is 5.69 Å². The number of anilines is 1. The number of hydrogen-bond donors (Lipinski definition) is 0. The second-order valence-corrected chi connectivity index (χ2v) is 4.36. The molecule has 0 atom stereocenters. The normalized spacial score (nSPS) is 14.7. The van der Waals surface area contributed by atoms with E-state index in [1.165, 1.54) is 0 Å². The Bertz CT molecular complexity index is 519. The number of para-hydroxylation sites is 1. The van der Waals surface area contributed by atoms with Gasteiger partial charge < -0.3 is 9.64 Å². The Hall–Kier alpha value is -2.10. The molecule has 0 unspecified atom stereocenters. The summed E-state index contributed by atoms with van der Waals surface area (Å²) in [5.41, 5.74) is 1.90. The second-order valence-electron chi connectivity index (χ2n) is 4.36. The van der Waals surface area contributed by atoms with Crippen LogP contribution in [0.15, 0.2) is 41.6 Å². The molecule has 0 N–H and O–H groups in total. The third kappa shape index (κ3) is 2.67. The lowest BCUT2D eigenvalue weighted by atomic mass is 10.2. The molecule has 0 heterocycles. The van der Waals surface area contributed by atoms with Crippen LogP contribution in [0, 0.1) is 0 Å². The van der Waals surface area contributed by atoms with Crippen molar-refractivity contribution < 1.29 is 14.3 Å². The van der Waals surface area contributed by atoms with Crippen LogP contribution in [-0.2, 0) is 14.3 Å². The summed E-state index contributed by atoms with van der Waals surface area (Å²) in [6, 6.07) is 9.66. The van der Waals surface area contributed by atoms with Crippen LogP contribution < -0.4 is 4.90 Å². The fraction of sp³-hybridized carbons (Fsp3) is 0.333. The highest BCUT2D eigenvalue weighted by Gasteiger charge is 2.32. The van der Waals surface area contributed by atoms with Crippen molar-refractivity contribution in [1.29, 1.82) is 0 Å². The molecule has 0 saturated carbocycles. The largest absolute Gasteiger partial charge is 0.462 e. The molecule has 0 spiro atoms. The van der Waals surface area contributed by atoms with Crippen LogP contribution in [0.25, 0.3) is 0 Å². The van der Waals surface area contributed by atoms with E-state index in [0.717, 1.165) is 11.4 Å². The highest BCUT2D eigenvalue weighted by molar-refractivity contribution is 6.20. The second kappa shape index (κ2) is 5.69. The molecule has 1 aliphatic carbocycles. The van der Waals surface area contributed by atoms with Gasteiger partial charge in [0.2, 0.25) is 0 Å².